The molecule has 20 heavy (non-hydrogen) atoms. The number of methoxy groups -OCH3 is 1. The maximum Gasteiger partial charge on any atom is 0.291 e. The minimum absolute atomic E-state index is 0.0540. The predicted molar refractivity (Wildman–Crippen MR) is 75.3 cm³/mol. The summed E-state index contributed by atoms with van der Waals surface area (Å²) >= 11 is 0. The Morgan fingerprint density at radius 1 is 1.35 bits per heavy atom. The molecule has 0 spiro atoms. The minimum atomic E-state index is -0.467. The molecule has 1 N–H and O–H groups in total. The van der Waals surface area contributed by atoms with Crippen molar-refractivity contribution in [3.8, 4) is 5.75 Å². The Morgan fingerprint density at radius 2 is 2.10 bits per heavy atom. The van der Waals surface area contributed by atoms with Gasteiger partial charge >= 0.3 is 0 Å². The average Bonchev–Trinajstić information content (AvgIpc) is 2.47. The standard InChI is InChI=1S/C15H15NO4/c1-3-10-6-4-5-7-11(10)16-15(18)13-8-12(17)14(19-2)9-20-13/h4-9H,3H2,1-2H3,(H,16,18). The summed E-state index contributed by atoms with van der Waals surface area (Å²) in [6, 6.07) is 8.59. The van der Waals surface area contributed by atoms with E-state index >= 15 is 0 Å². The molecule has 0 bridgehead atoms. The fourth-order valence-electron chi connectivity index (χ4n) is 1.80. The molecule has 0 aliphatic carbocycles. The van der Waals surface area contributed by atoms with Crippen LogP contribution in [0.15, 0.2) is 45.8 Å². The molecule has 0 radical (unpaired) electrons. The number of carbonyl (C=O) groups excluding carboxylic acids is 1. The highest BCUT2D eigenvalue weighted by molar-refractivity contribution is 6.02. The summed E-state index contributed by atoms with van der Waals surface area (Å²) < 4.78 is 9.90. The molecule has 0 aliphatic rings. The molecule has 104 valence electrons. The second-order valence-corrected chi connectivity index (χ2v) is 4.14. The zero-order valence-corrected chi connectivity index (χ0v) is 11.3. The third-order valence-corrected chi connectivity index (χ3v) is 2.89. The molecule has 0 aliphatic heterocycles. The molecule has 1 aromatic heterocycles. The molecule has 2 aromatic rings. The first kappa shape index (κ1) is 13.9. The van der Waals surface area contributed by atoms with Crippen LogP contribution in [0.3, 0.4) is 0 Å². The number of rotatable bonds is 4. The van der Waals surface area contributed by atoms with Gasteiger partial charge in [-0.2, -0.15) is 0 Å². The van der Waals surface area contributed by atoms with Crippen LogP contribution >= 0.6 is 0 Å². The van der Waals surface area contributed by atoms with Gasteiger partial charge < -0.3 is 14.5 Å². The third-order valence-electron chi connectivity index (χ3n) is 2.89. The van der Waals surface area contributed by atoms with Crippen LogP contribution in [0.2, 0.25) is 0 Å². The van der Waals surface area contributed by atoms with Crippen LogP contribution in [0.1, 0.15) is 23.0 Å². The SMILES string of the molecule is CCc1ccccc1NC(=O)c1cc(=O)c(OC)co1. The summed E-state index contributed by atoms with van der Waals surface area (Å²) in [5.74, 6) is -0.456. The highest BCUT2D eigenvalue weighted by atomic mass is 16.5. The number of carbonyl (C=O) groups is 1. The molecular weight excluding hydrogens is 258 g/mol. The highest BCUT2D eigenvalue weighted by Crippen LogP contribution is 2.16. The Labute approximate surface area is 116 Å². The molecule has 1 aromatic carbocycles. The van der Waals surface area contributed by atoms with Crippen LogP contribution in [0.25, 0.3) is 0 Å². The van der Waals surface area contributed by atoms with Crippen molar-refractivity contribution in [1.82, 2.24) is 0 Å². The van der Waals surface area contributed by atoms with Gasteiger partial charge in [-0.1, -0.05) is 25.1 Å². The second kappa shape index (κ2) is 6.06. The fraction of sp³-hybridized carbons (Fsp3) is 0.200. The number of hydrogen-bond acceptors (Lipinski definition) is 4. The first-order valence-electron chi connectivity index (χ1n) is 6.21. The summed E-state index contributed by atoms with van der Waals surface area (Å²) in [5, 5.41) is 2.73. The molecule has 0 atom stereocenters. The topological polar surface area (TPSA) is 68.5 Å². The summed E-state index contributed by atoms with van der Waals surface area (Å²) in [7, 11) is 1.36. The smallest absolute Gasteiger partial charge is 0.291 e. The lowest BCUT2D eigenvalue weighted by atomic mass is 10.1. The van der Waals surface area contributed by atoms with Gasteiger partial charge in [0.1, 0.15) is 6.26 Å². The first-order valence-corrected chi connectivity index (χ1v) is 6.21. The van der Waals surface area contributed by atoms with Crippen LogP contribution in [-0.4, -0.2) is 13.0 Å². The Hall–Kier alpha value is -2.56. The van der Waals surface area contributed by atoms with E-state index in [0.29, 0.717) is 5.69 Å². The van der Waals surface area contributed by atoms with Crippen LogP contribution in [0, 0.1) is 0 Å². The number of amides is 1. The molecule has 2 rings (SSSR count). The van der Waals surface area contributed by atoms with Crippen LogP contribution in [-0.2, 0) is 6.42 Å². The van der Waals surface area contributed by atoms with Crippen molar-refractivity contribution < 1.29 is 13.9 Å². The Bertz CT molecular complexity index is 676. The fourth-order valence-corrected chi connectivity index (χ4v) is 1.80. The van der Waals surface area contributed by atoms with Crippen molar-refractivity contribution in [2.75, 3.05) is 12.4 Å². The van der Waals surface area contributed by atoms with Gasteiger partial charge in [0.15, 0.2) is 5.76 Å². The van der Waals surface area contributed by atoms with Gasteiger partial charge in [-0.15, -0.1) is 0 Å². The summed E-state index contributed by atoms with van der Waals surface area (Å²) in [6.07, 6.45) is 1.92. The van der Waals surface area contributed by atoms with E-state index in [0.717, 1.165) is 24.3 Å². The van der Waals surface area contributed by atoms with E-state index in [1.54, 1.807) is 6.07 Å². The molecule has 1 heterocycles. The van der Waals surface area contributed by atoms with E-state index in [1.165, 1.54) is 7.11 Å². The van der Waals surface area contributed by atoms with Crippen molar-refractivity contribution >= 4 is 11.6 Å². The number of benzene rings is 1. The predicted octanol–water partition coefficient (Wildman–Crippen LogP) is 2.46. The van der Waals surface area contributed by atoms with Gasteiger partial charge in [0.05, 0.1) is 7.11 Å². The number of ether oxygens (including phenoxy) is 1. The maximum absolute atomic E-state index is 12.0. The van der Waals surface area contributed by atoms with Gasteiger partial charge in [0.25, 0.3) is 5.91 Å². The zero-order chi connectivity index (χ0) is 14.5. The van der Waals surface area contributed by atoms with Gasteiger partial charge in [-0.05, 0) is 18.1 Å². The van der Waals surface area contributed by atoms with Crippen molar-refractivity contribution in [2.24, 2.45) is 0 Å². The van der Waals surface area contributed by atoms with E-state index < -0.39 is 11.3 Å². The molecule has 5 nitrogen and oxygen atoms in total. The van der Waals surface area contributed by atoms with Crippen molar-refractivity contribution in [2.45, 2.75) is 13.3 Å². The van der Waals surface area contributed by atoms with Gasteiger partial charge in [0, 0.05) is 11.8 Å². The normalized spacial score (nSPS) is 10.1. The minimum Gasteiger partial charge on any atom is -0.490 e. The Balaban J connectivity index is 2.24. The lowest BCUT2D eigenvalue weighted by molar-refractivity contribution is 0.0993. The van der Waals surface area contributed by atoms with E-state index in [1.807, 2.05) is 25.1 Å². The lowest BCUT2D eigenvalue weighted by Crippen LogP contribution is -2.16. The van der Waals surface area contributed by atoms with Gasteiger partial charge in [-0.25, -0.2) is 0 Å². The van der Waals surface area contributed by atoms with Gasteiger partial charge in [0.2, 0.25) is 11.2 Å². The molecule has 0 saturated carbocycles. The number of hydrogen-bond donors (Lipinski definition) is 1. The summed E-state index contributed by atoms with van der Waals surface area (Å²) in [5.41, 5.74) is 1.32. The van der Waals surface area contributed by atoms with E-state index in [2.05, 4.69) is 5.32 Å². The maximum atomic E-state index is 12.0. The highest BCUT2D eigenvalue weighted by Gasteiger charge is 2.13. The van der Waals surface area contributed by atoms with Crippen LogP contribution in [0.4, 0.5) is 5.69 Å². The van der Waals surface area contributed by atoms with Gasteiger partial charge in [-0.3, -0.25) is 9.59 Å². The van der Waals surface area contributed by atoms with Crippen LogP contribution < -0.4 is 15.5 Å². The average molecular weight is 273 g/mol. The van der Waals surface area contributed by atoms with E-state index in [-0.39, 0.29) is 11.5 Å². The first-order chi connectivity index (χ1) is 9.65. The Morgan fingerprint density at radius 3 is 2.75 bits per heavy atom. The van der Waals surface area contributed by atoms with E-state index in [9.17, 15) is 9.59 Å². The molecule has 5 heteroatoms. The second-order valence-electron chi connectivity index (χ2n) is 4.14. The quantitative estimate of drug-likeness (QED) is 0.929. The lowest BCUT2D eigenvalue weighted by Gasteiger charge is -2.09. The summed E-state index contributed by atoms with van der Waals surface area (Å²) in [4.78, 5) is 23.6. The number of nitrogens with one attached hydrogen (secondary N) is 1. The Kier molecular flexibility index (Phi) is 4.20. The molecule has 1 amide bonds. The molecule has 0 fully saturated rings. The molecular formula is C15H15NO4. The molecule has 0 unspecified atom stereocenters. The monoisotopic (exact) mass is 273 g/mol. The summed E-state index contributed by atoms with van der Waals surface area (Å²) in [6.45, 7) is 2.00. The van der Waals surface area contributed by atoms with Crippen molar-refractivity contribution in [3.05, 3.63) is 58.1 Å². The number of para-hydroxylation sites is 1. The van der Waals surface area contributed by atoms with E-state index in [4.69, 9.17) is 9.15 Å². The number of aryl methyl sites for hydroxylation is 1. The van der Waals surface area contributed by atoms with Crippen molar-refractivity contribution in [3.63, 3.8) is 0 Å². The van der Waals surface area contributed by atoms with Crippen molar-refractivity contribution in [1.29, 1.82) is 0 Å². The number of anilines is 1. The third kappa shape index (κ3) is 2.88. The zero-order valence-electron chi connectivity index (χ0n) is 11.3. The molecule has 0 saturated heterocycles. The largest absolute Gasteiger partial charge is 0.490 e. The van der Waals surface area contributed by atoms with Crippen LogP contribution in [0.5, 0.6) is 5.75 Å².